The van der Waals surface area contributed by atoms with Crippen molar-refractivity contribution in [3.8, 4) is 0 Å². The molecule has 0 atom stereocenters. The van der Waals surface area contributed by atoms with Crippen LogP contribution >= 0.6 is 0 Å². The topological polar surface area (TPSA) is 32.3 Å². The van der Waals surface area contributed by atoms with Gasteiger partial charge in [-0.15, -0.1) is 0 Å². The predicted octanol–water partition coefficient (Wildman–Crippen LogP) is 2.88. The number of fused-ring (bicyclic) bond motifs is 1. The molecule has 86 valence electrons. The minimum atomic E-state index is -0.133. The van der Waals surface area contributed by atoms with Crippen molar-refractivity contribution >= 4 is 11.7 Å². The van der Waals surface area contributed by atoms with Crippen LogP contribution < -0.4 is 5.32 Å². The maximum absolute atomic E-state index is 12.0. The molecule has 2 amide bonds. The molecule has 1 N–H and O–H groups in total. The number of hydrogen-bond donors (Lipinski definition) is 1. The second-order valence-electron chi connectivity index (χ2n) is 5.16. The van der Waals surface area contributed by atoms with Crippen LogP contribution in [-0.4, -0.2) is 23.0 Å². The van der Waals surface area contributed by atoms with Crippen molar-refractivity contribution in [3.63, 3.8) is 0 Å². The minimum absolute atomic E-state index is 0.00236. The second-order valence-corrected chi connectivity index (χ2v) is 5.16. The van der Waals surface area contributed by atoms with E-state index in [1.807, 2.05) is 23.1 Å². The molecule has 1 aliphatic heterocycles. The van der Waals surface area contributed by atoms with Gasteiger partial charge in [0.05, 0.1) is 0 Å². The molecule has 0 saturated carbocycles. The highest BCUT2D eigenvalue weighted by Crippen LogP contribution is 2.23. The van der Waals surface area contributed by atoms with Crippen LogP contribution in [0.3, 0.4) is 0 Å². The standard InChI is InChI=1S/C13H18N2O/c1-13(2,3)15-9-8-10-6-4-5-7-11(10)14-12(15)16/h4-7H,8-9H2,1-3H3,(H,14,16). The van der Waals surface area contributed by atoms with Crippen LogP contribution in [0.2, 0.25) is 0 Å². The van der Waals surface area contributed by atoms with Crippen molar-refractivity contribution in [2.45, 2.75) is 32.7 Å². The van der Waals surface area contributed by atoms with Crippen LogP contribution in [0.1, 0.15) is 26.3 Å². The Kier molecular flexibility index (Phi) is 2.62. The van der Waals surface area contributed by atoms with Crippen molar-refractivity contribution in [3.05, 3.63) is 29.8 Å². The number of hydrogen-bond acceptors (Lipinski definition) is 1. The number of nitrogens with one attached hydrogen (secondary N) is 1. The van der Waals surface area contributed by atoms with E-state index < -0.39 is 0 Å². The van der Waals surface area contributed by atoms with Crippen LogP contribution in [0.15, 0.2) is 24.3 Å². The summed E-state index contributed by atoms with van der Waals surface area (Å²) in [5.41, 5.74) is 2.02. The van der Waals surface area contributed by atoms with Crippen molar-refractivity contribution in [1.29, 1.82) is 0 Å². The highest BCUT2D eigenvalue weighted by Gasteiger charge is 2.28. The molecule has 16 heavy (non-hydrogen) atoms. The second kappa shape index (κ2) is 3.81. The Balaban J connectivity index is 2.29. The largest absolute Gasteiger partial charge is 0.322 e. The molecule has 0 aliphatic carbocycles. The third-order valence-corrected chi connectivity index (χ3v) is 2.92. The summed E-state index contributed by atoms with van der Waals surface area (Å²) < 4.78 is 0. The van der Waals surface area contributed by atoms with Gasteiger partial charge in [-0.3, -0.25) is 0 Å². The molecule has 3 nitrogen and oxygen atoms in total. The van der Waals surface area contributed by atoms with Crippen LogP contribution in [0.25, 0.3) is 0 Å². The van der Waals surface area contributed by atoms with Gasteiger partial charge in [0, 0.05) is 17.8 Å². The average Bonchev–Trinajstić information content (AvgIpc) is 2.34. The Morgan fingerprint density at radius 3 is 2.62 bits per heavy atom. The number of carbonyl (C=O) groups excluding carboxylic acids is 1. The molecule has 0 spiro atoms. The van der Waals surface area contributed by atoms with Gasteiger partial charge in [-0.05, 0) is 38.8 Å². The lowest BCUT2D eigenvalue weighted by atomic mass is 10.1. The first-order valence-corrected chi connectivity index (χ1v) is 5.65. The fourth-order valence-electron chi connectivity index (χ4n) is 2.02. The summed E-state index contributed by atoms with van der Waals surface area (Å²) in [5, 5.41) is 2.97. The van der Waals surface area contributed by atoms with Gasteiger partial charge in [0.25, 0.3) is 0 Å². The first-order valence-electron chi connectivity index (χ1n) is 5.65. The number of amides is 2. The lowest BCUT2D eigenvalue weighted by Crippen LogP contribution is -2.47. The van der Waals surface area contributed by atoms with Crippen LogP contribution in [-0.2, 0) is 6.42 Å². The molecule has 0 unspecified atom stereocenters. The molecule has 0 radical (unpaired) electrons. The fraction of sp³-hybridized carbons (Fsp3) is 0.462. The zero-order valence-corrected chi connectivity index (χ0v) is 10.1. The Morgan fingerprint density at radius 1 is 1.25 bits per heavy atom. The molecule has 0 saturated heterocycles. The van der Waals surface area contributed by atoms with Crippen molar-refractivity contribution < 1.29 is 4.79 Å². The third kappa shape index (κ3) is 2.03. The number of rotatable bonds is 0. The first-order chi connectivity index (χ1) is 7.48. The summed E-state index contributed by atoms with van der Waals surface area (Å²) in [6, 6.07) is 7.99. The molecule has 3 heteroatoms. The van der Waals surface area contributed by atoms with Crippen molar-refractivity contribution in [1.82, 2.24) is 4.90 Å². The molecule has 1 aromatic carbocycles. The van der Waals surface area contributed by atoms with E-state index in [-0.39, 0.29) is 11.6 Å². The smallest absolute Gasteiger partial charge is 0.319 e. The summed E-state index contributed by atoms with van der Waals surface area (Å²) in [4.78, 5) is 13.9. The van der Waals surface area contributed by atoms with E-state index in [4.69, 9.17) is 0 Å². The van der Waals surface area contributed by atoms with E-state index in [0.717, 1.165) is 18.7 Å². The number of urea groups is 1. The normalized spacial score (nSPS) is 16.4. The molecule has 1 aromatic rings. The molecule has 0 fully saturated rings. The van der Waals surface area contributed by atoms with Crippen molar-refractivity contribution in [2.24, 2.45) is 0 Å². The SMILES string of the molecule is CC(C)(C)N1CCc2ccccc2NC1=O. The molecular formula is C13H18N2O. The van der Waals surface area contributed by atoms with Gasteiger partial charge in [-0.1, -0.05) is 18.2 Å². The molecule has 1 aliphatic rings. The van der Waals surface area contributed by atoms with Gasteiger partial charge in [-0.2, -0.15) is 0 Å². The van der Waals surface area contributed by atoms with E-state index in [2.05, 4.69) is 32.2 Å². The summed E-state index contributed by atoms with van der Waals surface area (Å²) in [5.74, 6) is 0. The molecule has 1 heterocycles. The van der Waals surface area contributed by atoms with E-state index in [9.17, 15) is 4.79 Å². The predicted molar refractivity (Wildman–Crippen MR) is 65.6 cm³/mol. The number of nitrogens with zero attached hydrogens (tertiary/aromatic N) is 1. The molecule has 0 bridgehead atoms. The van der Waals surface area contributed by atoms with E-state index >= 15 is 0 Å². The Morgan fingerprint density at radius 2 is 1.94 bits per heavy atom. The summed E-state index contributed by atoms with van der Waals surface area (Å²) in [7, 11) is 0. The number of benzene rings is 1. The maximum atomic E-state index is 12.0. The molecule has 0 aromatic heterocycles. The van der Waals surface area contributed by atoms with Gasteiger partial charge < -0.3 is 10.2 Å². The number of anilines is 1. The van der Waals surface area contributed by atoms with Gasteiger partial charge in [0.15, 0.2) is 0 Å². The van der Waals surface area contributed by atoms with Crippen molar-refractivity contribution in [2.75, 3.05) is 11.9 Å². The first kappa shape index (κ1) is 11.0. The summed E-state index contributed by atoms with van der Waals surface area (Å²) in [6.07, 6.45) is 0.909. The lowest BCUT2D eigenvalue weighted by molar-refractivity contribution is 0.159. The highest BCUT2D eigenvalue weighted by atomic mass is 16.2. The number of para-hydroxylation sites is 1. The quantitative estimate of drug-likeness (QED) is 0.713. The summed E-state index contributed by atoms with van der Waals surface area (Å²) >= 11 is 0. The van der Waals surface area contributed by atoms with Crippen LogP contribution in [0.5, 0.6) is 0 Å². The van der Waals surface area contributed by atoms with Gasteiger partial charge >= 0.3 is 6.03 Å². The van der Waals surface area contributed by atoms with Gasteiger partial charge in [-0.25, -0.2) is 4.79 Å². The lowest BCUT2D eigenvalue weighted by Gasteiger charge is -2.34. The average molecular weight is 218 g/mol. The number of carbonyl (C=O) groups is 1. The summed E-state index contributed by atoms with van der Waals surface area (Å²) in [6.45, 7) is 6.94. The van der Waals surface area contributed by atoms with Crippen LogP contribution in [0, 0.1) is 0 Å². The molecular weight excluding hydrogens is 200 g/mol. The Labute approximate surface area is 96.5 Å². The van der Waals surface area contributed by atoms with E-state index in [1.54, 1.807) is 0 Å². The van der Waals surface area contributed by atoms with E-state index in [1.165, 1.54) is 5.56 Å². The minimum Gasteiger partial charge on any atom is -0.319 e. The third-order valence-electron chi connectivity index (χ3n) is 2.92. The fourth-order valence-corrected chi connectivity index (χ4v) is 2.02. The Bertz CT molecular complexity index is 407. The Hall–Kier alpha value is -1.51. The van der Waals surface area contributed by atoms with Gasteiger partial charge in [0.2, 0.25) is 0 Å². The monoisotopic (exact) mass is 218 g/mol. The maximum Gasteiger partial charge on any atom is 0.322 e. The van der Waals surface area contributed by atoms with Gasteiger partial charge in [0.1, 0.15) is 0 Å². The van der Waals surface area contributed by atoms with E-state index in [0.29, 0.717) is 0 Å². The van der Waals surface area contributed by atoms with Crippen LogP contribution in [0.4, 0.5) is 10.5 Å². The highest BCUT2D eigenvalue weighted by molar-refractivity contribution is 5.91. The zero-order chi connectivity index (χ0) is 11.8. The molecule has 2 rings (SSSR count). The zero-order valence-electron chi connectivity index (χ0n) is 10.1.